The minimum Gasteiger partial charge on any atom is -0.443 e. The molecule has 0 aliphatic heterocycles. The van der Waals surface area contributed by atoms with E-state index >= 15 is 0 Å². The normalized spacial score (nSPS) is 11.8. The van der Waals surface area contributed by atoms with Gasteiger partial charge in [-0.05, 0) is 18.6 Å². The fraction of sp³-hybridized carbons (Fsp3) is 0.400. The molecule has 0 atom stereocenters. The number of H-pyrrole nitrogens is 1. The fourth-order valence-electron chi connectivity index (χ4n) is 2.57. The van der Waals surface area contributed by atoms with Gasteiger partial charge in [0.15, 0.2) is 11.8 Å². The Labute approximate surface area is 188 Å². The molecule has 8 nitrogen and oxygen atoms in total. The minimum absolute atomic E-state index is 0. The lowest BCUT2D eigenvalue weighted by Crippen LogP contribution is -2.36. The second-order valence-electron chi connectivity index (χ2n) is 7.45. The van der Waals surface area contributed by atoms with Crippen LogP contribution in [0.2, 0.25) is 0 Å². The van der Waals surface area contributed by atoms with E-state index in [-0.39, 0.29) is 29.4 Å². The quantitative estimate of drug-likeness (QED) is 0.267. The number of aromatic nitrogens is 4. The van der Waals surface area contributed by atoms with Gasteiger partial charge in [-0.1, -0.05) is 39.0 Å². The third kappa shape index (κ3) is 6.55. The van der Waals surface area contributed by atoms with Crippen LogP contribution in [-0.4, -0.2) is 32.7 Å². The van der Waals surface area contributed by atoms with Gasteiger partial charge in [0, 0.05) is 17.5 Å². The van der Waals surface area contributed by atoms with Crippen LogP contribution in [-0.2, 0) is 18.5 Å². The minimum atomic E-state index is -0.0572. The first-order valence-corrected chi connectivity index (χ1v) is 9.37. The van der Waals surface area contributed by atoms with Gasteiger partial charge in [0.1, 0.15) is 12.1 Å². The molecule has 0 unspecified atom stereocenters. The summed E-state index contributed by atoms with van der Waals surface area (Å²) >= 11 is 0. The third-order valence-electron chi connectivity index (χ3n) is 4.08. The first-order chi connectivity index (χ1) is 13.5. The summed E-state index contributed by atoms with van der Waals surface area (Å²) in [7, 11) is 0. The summed E-state index contributed by atoms with van der Waals surface area (Å²) in [6.07, 6.45) is 3.29. The van der Waals surface area contributed by atoms with Crippen molar-refractivity contribution >= 4 is 29.9 Å². The molecular weight excluding hydrogens is 481 g/mol. The third-order valence-corrected chi connectivity index (χ3v) is 4.08. The first-order valence-electron chi connectivity index (χ1n) is 9.37. The van der Waals surface area contributed by atoms with Gasteiger partial charge in [0.2, 0.25) is 5.89 Å². The predicted molar refractivity (Wildman–Crippen MR) is 124 cm³/mol. The molecule has 0 spiro atoms. The highest BCUT2D eigenvalue weighted by molar-refractivity contribution is 14.0. The van der Waals surface area contributed by atoms with Gasteiger partial charge in [0.05, 0.1) is 19.3 Å². The summed E-state index contributed by atoms with van der Waals surface area (Å²) < 4.78 is 5.82. The number of hydrogen-bond acceptors (Lipinski definition) is 5. The van der Waals surface area contributed by atoms with E-state index in [1.807, 2.05) is 25.1 Å². The number of benzene rings is 1. The molecule has 0 radical (unpaired) electrons. The molecule has 3 rings (SSSR count). The Morgan fingerprint density at radius 3 is 2.69 bits per heavy atom. The van der Waals surface area contributed by atoms with Crippen LogP contribution in [0.1, 0.15) is 44.9 Å². The zero-order valence-electron chi connectivity index (χ0n) is 17.2. The lowest BCUT2D eigenvalue weighted by Gasteiger charge is -2.13. The van der Waals surface area contributed by atoms with E-state index in [2.05, 4.69) is 62.6 Å². The summed E-state index contributed by atoms with van der Waals surface area (Å²) in [6.45, 7) is 10.1. The van der Waals surface area contributed by atoms with Gasteiger partial charge in [-0.2, -0.15) is 5.10 Å². The Morgan fingerprint density at radius 1 is 1.21 bits per heavy atom. The number of oxazole rings is 1. The lowest BCUT2D eigenvalue weighted by molar-refractivity contribution is 0.379. The van der Waals surface area contributed by atoms with Crippen molar-refractivity contribution in [3.63, 3.8) is 0 Å². The molecular formula is C20H28IN7O. The van der Waals surface area contributed by atoms with Crippen LogP contribution in [0.25, 0.3) is 11.4 Å². The maximum absolute atomic E-state index is 5.82. The number of aromatic amines is 1. The Morgan fingerprint density at radius 2 is 2.03 bits per heavy atom. The van der Waals surface area contributed by atoms with Gasteiger partial charge in [-0.3, -0.25) is 5.10 Å². The summed E-state index contributed by atoms with van der Waals surface area (Å²) in [4.78, 5) is 13.2. The van der Waals surface area contributed by atoms with Crippen LogP contribution in [0, 0.1) is 0 Å². The van der Waals surface area contributed by atoms with E-state index in [1.54, 1.807) is 6.20 Å². The van der Waals surface area contributed by atoms with Gasteiger partial charge in [-0.25, -0.2) is 15.0 Å². The molecule has 0 fully saturated rings. The molecule has 0 aliphatic carbocycles. The molecule has 2 heterocycles. The molecule has 29 heavy (non-hydrogen) atoms. The van der Waals surface area contributed by atoms with Crippen molar-refractivity contribution in [2.75, 3.05) is 6.54 Å². The van der Waals surface area contributed by atoms with Gasteiger partial charge in [0.25, 0.3) is 0 Å². The highest BCUT2D eigenvalue weighted by atomic mass is 127. The highest BCUT2D eigenvalue weighted by Crippen LogP contribution is 2.22. The van der Waals surface area contributed by atoms with Crippen LogP contribution < -0.4 is 10.6 Å². The maximum atomic E-state index is 5.82. The number of rotatable bonds is 6. The van der Waals surface area contributed by atoms with Crippen molar-refractivity contribution < 1.29 is 4.42 Å². The van der Waals surface area contributed by atoms with Crippen molar-refractivity contribution in [1.82, 2.24) is 30.8 Å². The Hall–Kier alpha value is -2.43. The second-order valence-corrected chi connectivity index (χ2v) is 7.45. The van der Waals surface area contributed by atoms with Gasteiger partial charge in [-0.15, -0.1) is 24.0 Å². The largest absolute Gasteiger partial charge is 0.443 e. The molecule has 0 amide bonds. The number of aliphatic imine (C=N–C) groups is 1. The predicted octanol–water partition coefficient (Wildman–Crippen LogP) is 3.63. The van der Waals surface area contributed by atoms with Crippen molar-refractivity contribution in [2.24, 2.45) is 4.99 Å². The topological polar surface area (TPSA) is 104 Å². The summed E-state index contributed by atoms with van der Waals surface area (Å²) in [5.41, 5.74) is 2.01. The molecule has 3 aromatic rings. The average Bonchev–Trinajstić information content (AvgIpc) is 3.36. The fourth-order valence-corrected chi connectivity index (χ4v) is 2.57. The number of nitrogens with one attached hydrogen (secondary N) is 3. The zero-order valence-corrected chi connectivity index (χ0v) is 19.5. The van der Waals surface area contributed by atoms with Crippen LogP contribution in [0.15, 0.2) is 46.2 Å². The van der Waals surface area contributed by atoms with Crippen LogP contribution in [0.5, 0.6) is 0 Å². The van der Waals surface area contributed by atoms with E-state index in [1.165, 1.54) is 6.33 Å². The number of halogens is 1. The van der Waals surface area contributed by atoms with Gasteiger partial charge < -0.3 is 15.1 Å². The van der Waals surface area contributed by atoms with E-state index in [0.717, 1.165) is 29.3 Å². The summed E-state index contributed by atoms with van der Waals surface area (Å²) in [5, 5.41) is 13.3. The van der Waals surface area contributed by atoms with Crippen molar-refractivity contribution in [3.05, 3.63) is 54.0 Å². The molecule has 156 valence electrons. The molecule has 0 saturated carbocycles. The number of guanidine groups is 1. The molecule has 0 aliphatic rings. The molecule has 1 aromatic carbocycles. The molecule has 2 aromatic heterocycles. The van der Waals surface area contributed by atoms with E-state index in [0.29, 0.717) is 24.9 Å². The van der Waals surface area contributed by atoms with E-state index < -0.39 is 0 Å². The average molecular weight is 509 g/mol. The SMILES string of the molecule is CCNC(=NCc1cccc(-c2ncn[nH]2)c1)NCc1ncc(C(C)(C)C)o1.I. The second kappa shape index (κ2) is 10.4. The zero-order chi connectivity index (χ0) is 20.0. The first kappa shape index (κ1) is 22.9. The summed E-state index contributed by atoms with van der Waals surface area (Å²) in [6, 6.07) is 8.07. The van der Waals surface area contributed by atoms with Gasteiger partial charge >= 0.3 is 0 Å². The lowest BCUT2D eigenvalue weighted by atomic mass is 9.94. The van der Waals surface area contributed by atoms with Crippen LogP contribution >= 0.6 is 24.0 Å². The molecule has 3 N–H and O–H groups in total. The van der Waals surface area contributed by atoms with Crippen LogP contribution in [0.3, 0.4) is 0 Å². The summed E-state index contributed by atoms with van der Waals surface area (Å²) in [5.74, 6) is 2.97. The Kier molecular flexibility index (Phi) is 8.18. The monoisotopic (exact) mass is 509 g/mol. The van der Waals surface area contributed by atoms with Crippen LogP contribution in [0.4, 0.5) is 0 Å². The number of nitrogens with zero attached hydrogens (tertiary/aromatic N) is 4. The molecule has 0 bridgehead atoms. The number of hydrogen-bond donors (Lipinski definition) is 3. The standard InChI is InChI=1S/C20H27N7O.HI/c1-5-21-19(24-12-17-22-11-16(28-17)20(2,3)4)23-10-14-7-6-8-15(9-14)18-25-13-26-27-18;/h6-9,11,13H,5,10,12H2,1-4H3,(H2,21,23,24)(H,25,26,27);1H. The van der Waals surface area contributed by atoms with E-state index in [9.17, 15) is 0 Å². The van der Waals surface area contributed by atoms with Crippen molar-refractivity contribution in [3.8, 4) is 11.4 Å². The maximum Gasteiger partial charge on any atom is 0.213 e. The Balaban J connectivity index is 0.00000300. The molecule has 0 saturated heterocycles. The van der Waals surface area contributed by atoms with Crippen molar-refractivity contribution in [2.45, 2.75) is 46.2 Å². The van der Waals surface area contributed by atoms with E-state index in [4.69, 9.17) is 4.42 Å². The molecule has 9 heteroatoms. The Bertz CT molecular complexity index is 913. The highest BCUT2D eigenvalue weighted by Gasteiger charge is 2.19. The van der Waals surface area contributed by atoms with Crippen molar-refractivity contribution in [1.29, 1.82) is 0 Å². The smallest absolute Gasteiger partial charge is 0.213 e.